The number of nitrogens with zero attached hydrogens (tertiary/aromatic N) is 1. The van der Waals surface area contributed by atoms with Gasteiger partial charge in [0.15, 0.2) is 5.69 Å². The normalized spacial score (nSPS) is 11.9. The second-order valence-electron chi connectivity index (χ2n) is 2.49. The van der Waals surface area contributed by atoms with Crippen LogP contribution in [0.1, 0.15) is 5.69 Å². The number of nitrogen functional groups attached to an aromatic ring is 1. The number of halogens is 5. The zero-order valence-electron chi connectivity index (χ0n) is 7.05. The van der Waals surface area contributed by atoms with Crippen molar-refractivity contribution < 1.29 is 26.7 Å². The maximum absolute atomic E-state index is 12.1. The number of ether oxygens (including phenoxy) is 1. The summed E-state index contributed by atoms with van der Waals surface area (Å²) in [4.78, 5) is 2.94. The molecule has 0 atom stereocenters. The van der Waals surface area contributed by atoms with E-state index < -0.39 is 30.0 Å². The molecule has 0 amide bonds. The van der Waals surface area contributed by atoms with E-state index in [1.54, 1.807) is 0 Å². The monoisotopic (exact) mass is 228 g/mol. The van der Waals surface area contributed by atoms with Crippen molar-refractivity contribution in [3.05, 3.63) is 17.8 Å². The van der Waals surface area contributed by atoms with Gasteiger partial charge >= 0.3 is 12.8 Å². The molecule has 0 fully saturated rings. The summed E-state index contributed by atoms with van der Waals surface area (Å²) in [5.74, 6) is -1.22. The van der Waals surface area contributed by atoms with Crippen molar-refractivity contribution in [3.63, 3.8) is 0 Å². The number of rotatable bonds is 2. The van der Waals surface area contributed by atoms with Gasteiger partial charge in [0.2, 0.25) is 0 Å². The molecule has 0 aromatic carbocycles. The minimum Gasteiger partial charge on any atom is -0.435 e. The minimum atomic E-state index is -4.75. The first-order valence-corrected chi connectivity index (χ1v) is 3.58. The Morgan fingerprint density at radius 1 is 1.27 bits per heavy atom. The largest absolute Gasteiger partial charge is 0.435 e. The molecule has 0 bridgehead atoms. The maximum atomic E-state index is 12.1. The summed E-state index contributed by atoms with van der Waals surface area (Å²) in [6.07, 6.45) is -4.75. The molecule has 0 aliphatic rings. The van der Waals surface area contributed by atoms with E-state index in [2.05, 4.69) is 9.72 Å². The van der Waals surface area contributed by atoms with Crippen molar-refractivity contribution >= 4 is 5.82 Å². The van der Waals surface area contributed by atoms with Gasteiger partial charge in [0.05, 0.1) is 0 Å². The minimum absolute atomic E-state index is 0.350. The maximum Gasteiger partial charge on any atom is 0.433 e. The molecule has 0 aliphatic carbocycles. The lowest BCUT2D eigenvalue weighted by Gasteiger charge is -2.09. The van der Waals surface area contributed by atoms with E-state index in [0.29, 0.717) is 6.07 Å². The topological polar surface area (TPSA) is 48.1 Å². The molecule has 0 saturated carbocycles. The highest BCUT2D eigenvalue weighted by molar-refractivity contribution is 5.39. The van der Waals surface area contributed by atoms with Crippen LogP contribution in [0.4, 0.5) is 27.8 Å². The lowest BCUT2D eigenvalue weighted by molar-refractivity contribution is -0.141. The van der Waals surface area contributed by atoms with Crippen molar-refractivity contribution in [2.45, 2.75) is 12.8 Å². The van der Waals surface area contributed by atoms with Gasteiger partial charge in [-0.15, -0.1) is 0 Å². The second kappa shape index (κ2) is 3.87. The fourth-order valence-electron chi connectivity index (χ4n) is 0.842. The van der Waals surface area contributed by atoms with Crippen LogP contribution >= 0.6 is 0 Å². The first-order valence-electron chi connectivity index (χ1n) is 3.58. The van der Waals surface area contributed by atoms with Gasteiger partial charge in [0.1, 0.15) is 11.6 Å². The molecule has 3 nitrogen and oxygen atoms in total. The second-order valence-corrected chi connectivity index (χ2v) is 2.49. The van der Waals surface area contributed by atoms with E-state index >= 15 is 0 Å². The molecule has 1 aromatic heterocycles. The van der Waals surface area contributed by atoms with E-state index in [4.69, 9.17) is 5.73 Å². The van der Waals surface area contributed by atoms with Crippen molar-refractivity contribution in [2.75, 3.05) is 5.73 Å². The van der Waals surface area contributed by atoms with Gasteiger partial charge in [-0.25, -0.2) is 4.98 Å². The molecule has 2 N–H and O–H groups in total. The highest BCUT2D eigenvalue weighted by Crippen LogP contribution is 2.31. The van der Waals surface area contributed by atoms with Crippen LogP contribution in [0.15, 0.2) is 12.1 Å². The molecule has 15 heavy (non-hydrogen) atoms. The molecule has 1 heterocycles. The fourth-order valence-corrected chi connectivity index (χ4v) is 0.842. The third kappa shape index (κ3) is 3.22. The summed E-state index contributed by atoms with van der Waals surface area (Å²) in [6.45, 7) is -3.21. The van der Waals surface area contributed by atoms with Gasteiger partial charge < -0.3 is 10.5 Å². The highest BCUT2D eigenvalue weighted by Gasteiger charge is 2.33. The van der Waals surface area contributed by atoms with Crippen molar-refractivity contribution in [2.24, 2.45) is 0 Å². The number of nitrogens with two attached hydrogens (primary N) is 1. The average molecular weight is 228 g/mol. The van der Waals surface area contributed by atoms with E-state index in [0.717, 1.165) is 6.07 Å². The molecule has 0 aliphatic heterocycles. The number of hydrogen-bond acceptors (Lipinski definition) is 3. The van der Waals surface area contributed by atoms with Crippen LogP contribution < -0.4 is 10.5 Å². The summed E-state index contributed by atoms with van der Waals surface area (Å²) in [5.41, 5.74) is 3.62. The number of pyridine rings is 1. The Hall–Kier alpha value is -1.60. The van der Waals surface area contributed by atoms with Crippen LogP contribution in [0.3, 0.4) is 0 Å². The van der Waals surface area contributed by atoms with Crippen LogP contribution in [0.25, 0.3) is 0 Å². The molecule has 1 aromatic rings. The van der Waals surface area contributed by atoms with Gasteiger partial charge in [-0.1, -0.05) is 0 Å². The zero-order valence-corrected chi connectivity index (χ0v) is 7.05. The zero-order chi connectivity index (χ0) is 11.6. The average Bonchev–Trinajstić information content (AvgIpc) is 1.99. The number of anilines is 1. The predicted octanol–water partition coefficient (Wildman–Crippen LogP) is 2.28. The molecule has 0 saturated heterocycles. The molecule has 1 rings (SSSR count). The molecular weight excluding hydrogens is 223 g/mol. The van der Waals surface area contributed by atoms with Crippen LogP contribution in [0.5, 0.6) is 5.75 Å². The van der Waals surface area contributed by atoms with Crippen molar-refractivity contribution in [1.82, 2.24) is 4.98 Å². The van der Waals surface area contributed by atoms with Crippen LogP contribution in [0.2, 0.25) is 0 Å². The number of alkyl halides is 5. The van der Waals surface area contributed by atoms with Gasteiger partial charge in [-0.3, -0.25) is 0 Å². The molecule has 0 unspecified atom stereocenters. The lowest BCUT2D eigenvalue weighted by atomic mass is 10.3. The van der Waals surface area contributed by atoms with Crippen LogP contribution in [0, 0.1) is 0 Å². The Morgan fingerprint density at radius 3 is 2.33 bits per heavy atom. The molecule has 8 heteroatoms. The Bertz CT molecular complexity index is 352. The summed E-state index contributed by atoms with van der Waals surface area (Å²) >= 11 is 0. The van der Waals surface area contributed by atoms with Crippen LogP contribution in [-0.2, 0) is 6.18 Å². The smallest absolute Gasteiger partial charge is 0.433 e. The van der Waals surface area contributed by atoms with Gasteiger partial charge in [0.25, 0.3) is 0 Å². The Labute approximate surface area is 80.7 Å². The molecule has 0 radical (unpaired) electrons. The van der Waals surface area contributed by atoms with Crippen molar-refractivity contribution in [3.8, 4) is 5.75 Å². The van der Waals surface area contributed by atoms with E-state index in [1.165, 1.54) is 0 Å². The predicted molar refractivity (Wildman–Crippen MR) is 40.3 cm³/mol. The van der Waals surface area contributed by atoms with E-state index in [1.807, 2.05) is 0 Å². The van der Waals surface area contributed by atoms with Gasteiger partial charge in [0, 0.05) is 12.1 Å². The number of aromatic nitrogens is 1. The van der Waals surface area contributed by atoms with Crippen molar-refractivity contribution in [1.29, 1.82) is 0 Å². The summed E-state index contributed by atoms with van der Waals surface area (Å²) < 4.78 is 63.6. The Kier molecular flexibility index (Phi) is 2.96. The Morgan fingerprint density at radius 2 is 1.87 bits per heavy atom. The third-order valence-corrected chi connectivity index (χ3v) is 1.33. The summed E-state index contributed by atoms with van der Waals surface area (Å²) in [5, 5.41) is 0. The van der Waals surface area contributed by atoms with Gasteiger partial charge in [-0.2, -0.15) is 22.0 Å². The third-order valence-electron chi connectivity index (χ3n) is 1.33. The fraction of sp³-hybridized carbons (Fsp3) is 0.286. The van der Waals surface area contributed by atoms with E-state index in [9.17, 15) is 22.0 Å². The summed E-state index contributed by atoms with van der Waals surface area (Å²) in [6, 6.07) is 1.13. The lowest BCUT2D eigenvalue weighted by Crippen LogP contribution is -2.11. The molecule has 0 spiro atoms. The number of hydrogen-bond donors (Lipinski definition) is 1. The quantitative estimate of drug-likeness (QED) is 0.790. The van der Waals surface area contributed by atoms with E-state index in [-0.39, 0.29) is 0 Å². The van der Waals surface area contributed by atoms with Gasteiger partial charge in [-0.05, 0) is 0 Å². The summed E-state index contributed by atoms with van der Waals surface area (Å²) in [7, 11) is 0. The standard InChI is InChI=1S/C7H5F5N2O/c8-6(9)15-3-1-4(7(10,11)12)14-5(13)2-3/h1-2,6H,(H2,13,14). The molecular formula is C7H5F5N2O. The first-order chi connectivity index (χ1) is 6.79. The highest BCUT2D eigenvalue weighted by atomic mass is 19.4. The SMILES string of the molecule is Nc1cc(OC(F)F)cc(C(F)(F)F)n1. The molecule has 84 valence electrons. The first kappa shape index (κ1) is 11.5. The van der Waals surface area contributed by atoms with Crippen LogP contribution in [-0.4, -0.2) is 11.6 Å². The Balaban J connectivity index is 3.06.